The molecule has 0 bridgehead atoms. The Bertz CT molecular complexity index is 816. The Balaban J connectivity index is 0.000000180. The van der Waals surface area contributed by atoms with E-state index in [4.69, 9.17) is 0 Å². The van der Waals surface area contributed by atoms with Gasteiger partial charge in [-0.25, -0.2) is 0 Å². The average molecular weight is 523 g/mol. The van der Waals surface area contributed by atoms with Crippen LogP contribution in [0.3, 0.4) is 0 Å². The first-order valence-electron chi connectivity index (χ1n) is 7.96. The number of nitrogens with zero attached hydrogens (tertiary/aromatic N) is 5. The van der Waals surface area contributed by atoms with E-state index in [1.165, 1.54) is 0 Å². The molecule has 0 aliphatic carbocycles. The average Bonchev–Trinajstić information content (AvgIpc) is 3.23. The van der Waals surface area contributed by atoms with Gasteiger partial charge in [0.15, 0.2) is 0 Å². The third-order valence-corrected chi connectivity index (χ3v) is 3.85. The third-order valence-electron chi connectivity index (χ3n) is 3.85. The van der Waals surface area contributed by atoms with Gasteiger partial charge in [0.05, 0.1) is 5.82 Å². The van der Waals surface area contributed by atoms with Crippen LogP contribution in [0, 0.1) is 19.1 Å². The fraction of sp³-hybridized carbons (Fsp3) is 0.150. The van der Waals surface area contributed by atoms with Crippen LogP contribution in [-0.4, -0.2) is 34.1 Å². The summed E-state index contributed by atoms with van der Waals surface area (Å²) in [6.07, 6.45) is 5.51. The van der Waals surface area contributed by atoms with Gasteiger partial charge in [0.25, 0.3) is 0 Å². The summed E-state index contributed by atoms with van der Waals surface area (Å²) in [5.41, 5.74) is 2.03. The normalized spacial score (nSPS) is 15.3. The Hall–Kier alpha value is -2.43. The first-order chi connectivity index (χ1) is 12.2. The van der Waals surface area contributed by atoms with Crippen molar-refractivity contribution in [2.24, 2.45) is 12.1 Å². The van der Waals surface area contributed by atoms with Crippen molar-refractivity contribution in [1.29, 1.82) is 0 Å². The molecule has 0 N–H and O–H groups in total. The van der Waals surface area contributed by atoms with E-state index in [1.807, 2.05) is 78.3 Å². The number of aryl methyl sites for hydroxylation is 1. The number of anilines is 1. The molecule has 0 saturated carbocycles. The Labute approximate surface area is 168 Å². The minimum atomic E-state index is 0. The molecule has 0 amide bonds. The maximum Gasteiger partial charge on any atom is 3.00 e. The molecule has 2 heterocycles. The van der Waals surface area contributed by atoms with Crippen LogP contribution in [0.1, 0.15) is 0 Å². The summed E-state index contributed by atoms with van der Waals surface area (Å²) in [5, 5.41) is 5.93. The number of benzene rings is 2. The van der Waals surface area contributed by atoms with Gasteiger partial charge >= 0.3 is 20.1 Å². The maximum absolute atomic E-state index is 4.22. The van der Waals surface area contributed by atoms with Gasteiger partial charge in [-0.05, 0) is 6.17 Å². The first kappa shape index (κ1) is 19.9. The van der Waals surface area contributed by atoms with Crippen molar-refractivity contribution < 1.29 is 20.1 Å². The Kier molecular flexibility index (Phi) is 7.13. The summed E-state index contributed by atoms with van der Waals surface area (Å²) in [7, 11) is 3.88. The Morgan fingerprint density at radius 2 is 1.77 bits per heavy atom. The summed E-state index contributed by atoms with van der Waals surface area (Å²) in [6, 6.07) is 21.9. The van der Waals surface area contributed by atoms with Crippen molar-refractivity contribution in [3.63, 3.8) is 0 Å². The summed E-state index contributed by atoms with van der Waals surface area (Å²) < 4.78 is 1.98. The molecule has 2 aromatic carbocycles. The maximum atomic E-state index is 4.22. The molecule has 6 heteroatoms. The largest absolute Gasteiger partial charge is 3.00 e. The van der Waals surface area contributed by atoms with Crippen LogP contribution >= 0.6 is 0 Å². The molecule has 5 nitrogen and oxygen atoms in total. The van der Waals surface area contributed by atoms with E-state index in [2.05, 4.69) is 29.1 Å². The number of rotatable bonds is 2. The van der Waals surface area contributed by atoms with E-state index in [9.17, 15) is 0 Å². The fourth-order valence-corrected chi connectivity index (χ4v) is 2.40. The molecule has 1 aliphatic rings. The molecule has 1 atom stereocenters. The smallest absolute Gasteiger partial charge is 0.373 e. The van der Waals surface area contributed by atoms with Crippen LogP contribution in [0.5, 0.6) is 0 Å². The molecule has 0 radical (unpaired) electrons. The van der Waals surface area contributed by atoms with Gasteiger partial charge in [-0.2, -0.15) is 29.4 Å². The second-order valence-electron chi connectivity index (χ2n) is 5.58. The zero-order valence-electron chi connectivity index (χ0n) is 14.7. The summed E-state index contributed by atoms with van der Waals surface area (Å²) in [5.74, 6) is 0.954. The van der Waals surface area contributed by atoms with Crippen molar-refractivity contribution in [2.75, 3.05) is 11.9 Å². The molecule has 134 valence electrons. The number of para-hydroxylation sites is 1. The van der Waals surface area contributed by atoms with Gasteiger partial charge in [0.2, 0.25) is 0 Å². The zero-order chi connectivity index (χ0) is 17.6. The predicted octanol–water partition coefficient (Wildman–Crippen LogP) is 3.23. The molecule has 0 spiro atoms. The van der Waals surface area contributed by atoms with Crippen molar-refractivity contribution in [1.82, 2.24) is 14.6 Å². The minimum absolute atomic E-state index is 0. The zero-order valence-corrected chi connectivity index (χ0v) is 17.1. The molecule has 3 aromatic rings. The molecule has 1 aromatic heterocycles. The number of hydrogen-bond donors (Lipinski definition) is 0. The fourth-order valence-electron chi connectivity index (χ4n) is 2.40. The molecule has 1 aliphatic heterocycles. The van der Waals surface area contributed by atoms with E-state index >= 15 is 0 Å². The summed E-state index contributed by atoms with van der Waals surface area (Å²) >= 11 is 0. The third kappa shape index (κ3) is 4.59. The monoisotopic (exact) mass is 523 g/mol. The van der Waals surface area contributed by atoms with Crippen LogP contribution in [0.2, 0.25) is 0 Å². The van der Waals surface area contributed by atoms with Gasteiger partial charge in [0, 0.05) is 26.5 Å². The van der Waals surface area contributed by atoms with Crippen LogP contribution < -0.4 is 4.90 Å². The minimum Gasteiger partial charge on any atom is -0.373 e. The van der Waals surface area contributed by atoms with Crippen LogP contribution in [0.15, 0.2) is 66.0 Å². The van der Waals surface area contributed by atoms with Gasteiger partial charge in [-0.3, -0.25) is 11.9 Å². The van der Waals surface area contributed by atoms with Crippen molar-refractivity contribution in [3.8, 4) is 11.4 Å². The van der Waals surface area contributed by atoms with Gasteiger partial charge in [-0.15, -0.1) is 42.0 Å². The van der Waals surface area contributed by atoms with Gasteiger partial charge in [-0.1, -0.05) is 5.69 Å². The van der Waals surface area contributed by atoms with E-state index in [1.54, 1.807) is 17.5 Å². The molecule has 0 saturated heterocycles. The van der Waals surface area contributed by atoms with Crippen LogP contribution in [-0.2, 0) is 27.2 Å². The molecule has 26 heavy (non-hydrogen) atoms. The van der Waals surface area contributed by atoms with Crippen LogP contribution in [0.25, 0.3) is 11.4 Å². The summed E-state index contributed by atoms with van der Waals surface area (Å²) in [4.78, 5) is 6.19. The molecule has 4 rings (SSSR count). The Morgan fingerprint density at radius 3 is 2.27 bits per heavy atom. The molecular formula is C20H20IrN5. The van der Waals surface area contributed by atoms with Crippen LogP contribution in [0.4, 0.5) is 5.69 Å². The molecular weight excluding hydrogens is 502 g/mol. The first-order valence-corrected chi connectivity index (χ1v) is 7.96. The van der Waals surface area contributed by atoms with E-state index in [-0.39, 0.29) is 26.3 Å². The number of hydrogen-bond acceptors (Lipinski definition) is 4. The van der Waals surface area contributed by atoms with Gasteiger partial charge < -0.3 is 14.5 Å². The van der Waals surface area contributed by atoms with E-state index in [0.717, 1.165) is 17.1 Å². The second-order valence-corrected chi connectivity index (χ2v) is 5.58. The number of imidazole rings is 1. The standard InChI is InChI=1S/C10H11N3.C10H9N2.Ir/c1-9-12(2)11-8-13(9)10-6-4-3-5-7-10;1-12-8-7-11-10(12)9-5-3-2-4-6-9;/h3-6,8-9H,1H2,2H3;2-5,7-8H,1H3;/q-2;-1;+3. The summed E-state index contributed by atoms with van der Waals surface area (Å²) in [6.45, 7) is 3.98. The van der Waals surface area contributed by atoms with Crippen molar-refractivity contribution in [3.05, 3.63) is 80.0 Å². The molecule has 1 unspecified atom stereocenters. The Morgan fingerprint density at radius 1 is 1.04 bits per heavy atom. The topological polar surface area (TPSA) is 36.7 Å². The second kappa shape index (κ2) is 9.32. The van der Waals surface area contributed by atoms with Gasteiger partial charge in [0.1, 0.15) is 6.34 Å². The number of aromatic nitrogens is 2. The quantitative estimate of drug-likeness (QED) is 0.485. The molecule has 0 fully saturated rings. The van der Waals surface area contributed by atoms with E-state index in [0.29, 0.717) is 0 Å². The SMILES string of the molecule is Cn1ccnc1-c1[c-]cccc1.[CH2-]C1N(C)N=CN1c1[c-]cccc1.[Ir+3]. The van der Waals surface area contributed by atoms with E-state index < -0.39 is 0 Å². The van der Waals surface area contributed by atoms with Crippen molar-refractivity contribution >= 4 is 12.0 Å². The number of hydrazone groups is 1. The van der Waals surface area contributed by atoms with Crippen molar-refractivity contribution in [2.45, 2.75) is 6.17 Å². The predicted molar refractivity (Wildman–Crippen MR) is 101 cm³/mol.